The van der Waals surface area contributed by atoms with Crippen LogP contribution in [0.15, 0.2) is 0 Å². The van der Waals surface area contributed by atoms with Crippen molar-refractivity contribution in [3.05, 3.63) is 17.0 Å². The van der Waals surface area contributed by atoms with Crippen molar-refractivity contribution in [3.63, 3.8) is 0 Å². The number of aryl methyl sites for hydroxylation is 1. The number of fused-ring (bicyclic) bond motifs is 1. The van der Waals surface area contributed by atoms with Gasteiger partial charge in [-0.05, 0) is 18.8 Å². The Morgan fingerprint density at radius 2 is 2.00 bits per heavy atom. The molecule has 15 heavy (non-hydrogen) atoms. The lowest BCUT2D eigenvalue weighted by Crippen LogP contribution is -2.19. The highest BCUT2D eigenvalue weighted by Gasteiger charge is 2.24. The second-order valence-electron chi connectivity index (χ2n) is 4.22. The summed E-state index contributed by atoms with van der Waals surface area (Å²) in [6.07, 6.45) is 2.33. The number of nitrogen functional groups attached to an aromatic ring is 1. The van der Waals surface area contributed by atoms with Crippen LogP contribution >= 0.6 is 0 Å². The number of nitrogens with zero attached hydrogens (tertiary/aromatic N) is 2. The van der Waals surface area contributed by atoms with E-state index in [0.717, 1.165) is 29.8 Å². The maximum atomic E-state index is 11.8. The second-order valence-corrected chi connectivity index (χ2v) is 4.22. The molecule has 1 aliphatic carbocycles. The Labute approximate surface area is 88.9 Å². The van der Waals surface area contributed by atoms with E-state index in [9.17, 15) is 4.79 Å². The second kappa shape index (κ2) is 3.61. The normalized spacial score (nSPS) is 15.5. The van der Waals surface area contributed by atoms with Gasteiger partial charge in [0.15, 0.2) is 5.78 Å². The van der Waals surface area contributed by atoms with Crippen LogP contribution < -0.4 is 5.73 Å². The molecule has 0 saturated heterocycles. The maximum absolute atomic E-state index is 11.8. The summed E-state index contributed by atoms with van der Waals surface area (Å²) in [5.74, 6) is 0.665. The van der Waals surface area contributed by atoms with Crippen molar-refractivity contribution in [3.8, 4) is 0 Å². The lowest BCUT2D eigenvalue weighted by molar-refractivity contribution is 0.0969. The molecule has 0 amide bonds. The van der Waals surface area contributed by atoms with E-state index in [1.54, 1.807) is 0 Å². The number of anilines is 1. The van der Waals surface area contributed by atoms with Crippen molar-refractivity contribution >= 4 is 11.7 Å². The van der Waals surface area contributed by atoms with Crippen molar-refractivity contribution in [2.24, 2.45) is 0 Å². The van der Waals surface area contributed by atoms with Gasteiger partial charge in [-0.3, -0.25) is 4.79 Å². The Morgan fingerprint density at radius 1 is 1.27 bits per heavy atom. The summed E-state index contributed by atoms with van der Waals surface area (Å²) in [6.45, 7) is 4.04. The Kier molecular flexibility index (Phi) is 2.42. The molecule has 1 aliphatic rings. The topological polar surface area (TPSA) is 68.9 Å². The summed E-state index contributed by atoms with van der Waals surface area (Å²) in [6, 6.07) is 0. The summed E-state index contributed by atoms with van der Waals surface area (Å²) in [7, 11) is 0. The van der Waals surface area contributed by atoms with Crippen molar-refractivity contribution < 1.29 is 4.79 Å². The number of rotatable bonds is 1. The van der Waals surface area contributed by atoms with Crippen LogP contribution in [0.25, 0.3) is 0 Å². The third-order valence-electron chi connectivity index (χ3n) is 2.67. The van der Waals surface area contributed by atoms with Crippen molar-refractivity contribution in [2.45, 2.75) is 39.0 Å². The molecule has 2 N–H and O–H groups in total. The highest BCUT2D eigenvalue weighted by atomic mass is 16.1. The van der Waals surface area contributed by atoms with Gasteiger partial charge < -0.3 is 5.73 Å². The Hall–Kier alpha value is -1.45. The molecule has 0 saturated carbocycles. The first-order valence-electron chi connectivity index (χ1n) is 5.29. The summed E-state index contributed by atoms with van der Waals surface area (Å²) >= 11 is 0. The molecule has 1 aromatic rings. The lowest BCUT2D eigenvalue weighted by atomic mass is 9.90. The number of carbonyl (C=O) groups is 1. The third-order valence-corrected chi connectivity index (χ3v) is 2.67. The van der Waals surface area contributed by atoms with E-state index in [1.807, 2.05) is 13.8 Å². The molecule has 0 radical (unpaired) electrons. The van der Waals surface area contributed by atoms with Crippen molar-refractivity contribution in [1.29, 1.82) is 0 Å². The highest BCUT2D eigenvalue weighted by molar-refractivity contribution is 5.99. The largest absolute Gasteiger partial charge is 0.368 e. The van der Waals surface area contributed by atoms with E-state index in [-0.39, 0.29) is 17.6 Å². The molecule has 1 heterocycles. The minimum absolute atomic E-state index is 0.167. The molecule has 4 heteroatoms. The van der Waals surface area contributed by atoms with Crippen LogP contribution in [-0.2, 0) is 6.42 Å². The highest BCUT2D eigenvalue weighted by Crippen LogP contribution is 2.27. The first-order valence-corrected chi connectivity index (χ1v) is 5.29. The minimum Gasteiger partial charge on any atom is -0.368 e. The van der Waals surface area contributed by atoms with E-state index < -0.39 is 0 Å². The molecule has 1 aromatic heterocycles. The summed E-state index contributed by atoms with van der Waals surface area (Å²) < 4.78 is 0. The number of hydrogen-bond donors (Lipinski definition) is 1. The molecule has 0 spiro atoms. The standard InChI is InChI=1S/C11H15N3O/c1-6(2)10-9-7(13-11(12)14-10)4-3-5-8(9)15/h6H,3-5H2,1-2H3,(H2,12,13,14). The van der Waals surface area contributed by atoms with Crippen LogP contribution in [0.3, 0.4) is 0 Å². The molecule has 4 nitrogen and oxygen atoms in total. The van der Waals surface area contributed by atoms with Gasteiger partial charge in [0.2, 0.25) is 5.95 Å². The summed E-state index contributed by atoms with van der Waals surface area (Å²) in [5.41, 5.74) is 8.00. The molecule has 0 bridgehead atoms. The molecule has 0 aromatic carbocycles. The first-order chi connectivity index (χ1) is 7.09. The number of hydrogen-bond acceptors (Lipinski definition) is 4. The fourth-order valence-corrected chi connectivity index (χ4v) is 1.99. The third kappa shape index (κ3) is 1.71. The molecule has 80 valence electrons. The molecule has 2 rings (SSSR count). The predicted molar refractivity (Wildman–Crippen MR) is 57.8 cm³/mol. The van der Waals surface area contributed by atoms with E-state index in [4.69, 9.17) is 5.73 Å². The fourth-order valence-electron chi connectivity index (χ4n) is 1.99. The Bertz CT molecular complexity index is 413. The molecule has 0 fully saturated rings. The van der Waals surface area contributed by atoms with Gasteiger partial charge in [0.1, 0.15) is 0 Å². The molecule has 0 unspecified atom stereocenters. The van der Waals surface area contributed by atoms with Crippen LogP contribution in [0.2, 0.25) is 0 Å². The molecule has 0 atom stereocenters. The minimum atomic E-state index is 0.167. The van der Waals surface area contributed by atoms with Crippen LogP contribution in [0.1, 0.15) is 54.4 Å². The SMILES string of the molecule is CC(C)c1nc(N)nc2c1C(=O)CCC2. The Balaban J connectivity index is 2.63. The zero-order valence-electron chi connectivity index (χ0n) is 9.08. The number of aromatic nitrogens is 2. The maximum Gasteiger partial charge on any atom is 0.220 e. The van der Waals surface area contributed by atoms with E-state index in [0.29, 0.717) is 6.42 Å². The summed E-state index contributed by atoms with van der Waals surface area (Å²) in [4.78, 5) is 20.1. The number of Topliss-reactive ketones (excluding diaryl/α,β-unsaturated/α-hetero) is 1. The number of nitrogens with two attached hydrogens (primary N) is 1. The lowest BCUT2D eigenvalue weighted by Gasteiger charge is -2.18. The average Bonchev–Trinajstić information content (AvgIpc) is 2.16. The zero-order valence-corrected chi connectivity index (χ0v) is 9.08. The van der Waals surface area contributed by atoms with E-state index >= 15 is 0 Å². The predicted octanol–water partition coefficient (Wildman–Crippen LogP) is 1.70. The zero-order chi connectivity index (χ0) is 11.0. The van der Waals surface area contributed by atoms with E-state index in [2.05, 4.69) is 9.97 Å². The average molecular weight is 205 g/mol. The van der Waals surface area contributed by atoms with Gasteiger partial charge in [-0.25, -0.2) is 9.97 Å². The summed E-state index contributed by atoms with van der Waals surface area (Å²) in [5, 5.41) is 0. The van der Waals surface area contributed by atoms with Gasteiger partial charge in [0, 0.05) is 6.42 Å². The van der Waals surface area contributed by atoms with Crippen LogP contribution in [-0.4, -0.2) is 15.8 Å². The van der Waals surface area contributed by atoms with Crippen molar-refractivity contribution in [2.75, 3.05) is 5.73 Å². The Morgan fingerprint density at radius 3 is 2.67 bits per heavy atom. The molecule has 0 aliphatic heterocycles. The van der Waals surface area contributed by atoms with Gasteiger partial charge in [-0.1, -0.05) is 13.8 Å². The van der Waals surface area contributed by atoms with Crippen LogP contribution in [0.4, 0.5) is 5.95 Å². The number of ketones is 1. The quantitative estimate of drug-likeness (QED) is 0.757. The van der Waals surface area contributed by atoms with Gasteiger partial charge in [-0.15, -0.1) is 0 Å². The monoisotopic (exact) mass is 205 g/mol. The smallest absolute Gasteiger partial charge is 0.220 e. The van der Waals surface area contributed by atoms with Gasteiger partial charge in [-0.2, -0.15) is 0 Å². The van der Waals surface area contributed by atoms with Crippen molar-refractivity contribution in [1.82, 2.24) is 9.97 Å². The van der Waals surface area contributed by atoms with E-state index in [1.165, 1.54) is 0 Å². The molecular formula is C11H15N3O. The molecular weight excluding hydrogens is 190 g/mol. The van der Waals surface area contributed by atoms with Crippen LogP contribution in [0.5, 0.6) is 0 Å². The van der Waals surface area contributed by atoms with Gasteiger partial charge in [0.25, 0.3) is 0 Å². The van der Waals surface area contributed by atoms with Crippen LogP contribution in [0, 0.1) is 0 Å². The first kappa shape index (κ1) is 10.1. The van der Waals surface area contributed by atoms with Gasteiger partial charge in [0.05, 0.1) is 17.0 Å². The van der Waals surface area contributed by atoms with Gasteiger partial charge >= 0.3 is 0 Å². The number of carbonyl (C=O) groups excluding carboxylic acids is 1. The fraction of sp³-hybridized carbons (Fsp3) is 0.545.